The molecule has 6 rings (SSSR count). The topological polar surface area (TPSA) is 114 Å². The van der Waals surface area contributed by atoms with E-state index in [1.165, 1.54) is 4.90 Å². The summed E-state index contributed by atoms with van der Waals surface area (Å²) >= 11 is 6.14. The number of benzene rings is 1. The molecule has 6 atom stereocenters. The normalized spacial score (nSPS) is 29.1. The van der Waals surface area contributed by atoms with Crippen LogP contribution < -0.4 is 16.0 Å². The molecule has 0 spiro atoms. The van der Waals surface area contributed by atoms with E-state index in [2.05, 4.69) is 16.0 Å². The maximum atomic E-state index is 15.1. The van der Waals surface area contributed by atoms with Gasteiger partial charge in [-0.1, -0.05) is 30.5 Å². The SMILES string of the molecule is N#C[C@H](C[C@@H]1CCCNC1=O)NC(=O)[C@@H]1[C@H]2CC[C@H](CC2(F)F)N1C(=O)[C@@H](CC1CC1)Nc1cccc(Cl)c1. The van der Waals surface area contributed by atoms with Crippen LogP contribution in [0.1, 0.15) is 57.8 Å². The highest BCUT2D eigenvalue weighted by atomic mass is 35.5. The number of nitrogens with zero attached hydrogens (tertiary/aromatic N) is 2. The summed E-state index contributed by atoms with van der Waals surface area (Å²) in [5, 5.41) is 18.9. The van der Waals surface area contributed by atoms with Gasteiger partial charge in [0.1, 0.15) is 18.1 Å². The van der Waals surface area contributed by atoms with Crippen molar-refractivity contribution in [2.45, 2.75) is 87.9 Å². The maximum Gasteiger partial charge on any atom is 0.255 e. The van der Waals surface area contributed by atoms with Gasteiger partial charge in [0, 0.05) is 35.6 Å². The number of hydrogen-bond donors (Lipinski definition) is 3. The third-order valence-corrected chi connectivity index (χ3v) is 8.82. The van der Waals surface area contributed by atoms with Gasteiger partial charge >= 0.3 is 0 Å². The predicted molar refractivity (Wildman–Crippen MR) is 141 cm³/mol. The summed E-state index contributed by atoms with van der Waals surface area (Å²) in [7, 11) is 0. The first-order valence-corrected chi connectivity index (χ1v) is 14.2. The summed E-state index contributed by atoms with van der Waals surface area (Å²) < 4.78 is 30.3. The number of hydrogen-bond acceptors (Lipinski definition) is 5. The van der Waals surface area contributed by atoms with Crippen LogP contribution in [0.3, 0.4) is 0 Å². The van der Waals surface area contributed by atoms with Gasteiger partial charge in [-0.2, -0.15) is 5.26 Å². The largest absolute Gasteiger partial charge is 0.374 e. The summed E-state index contributed by atoms with van der Waals surface area (Å²) in [6.45, 7) is 0.571. The number of nitriles is 1. The second kappa shape index (κ2) is 11.3. The molecule has 1 aromatic rings. The average Bonchev–Trinajstić information content (AvgIpc) is 3.72. The number of nitrogens with one attached hydrogen (secondary N) is 3. The van der Waals surface area contributed by atoms with Gasteiger partial charge in [0.2, 0.25) is 17.7 Å². The number of rotatable bonds is 9. The Bertz CT molecular complexity index is 1160. The smallest absolute Gasteiger partial charge is 0.255 e. The number of halogens is 3. The zero-order valence-electron chi connectivity index (χ0n) is 21.7. The second-order valence-electron chi connectivity index (χ2n) is 11.4. The van der Waals surface area contributed by atoms with Crippen LogP contribution in [0.25, 0.3) is 0 Å². The minimum Gasteiger partial charge on any atom is -0.374 e. The fraction of sp³-hybridized carbons (Fsp3) is 0.643. The number of piperidine rings is 3. The van der Waals surface area contributed by atoms with Gasteiger partial charge < -0.3 is 20.9 Å². The molecule has 5 aliphatic rings. The van der Waals surface area contributed by atoms with Crippen LogP contribution in [-0.4, -0.2) is 59.3 Å². The zero-order valence-corrected chi connectivity index (χ0v) is 22.4. The van der Waals surface area contributed by atoms with Crippen LogP contribution >= 0.6 is 11.6 Å². The van der Waals surface area contributed by atoms with Crippen LogP contribution in [0.2, 0.25) is 5.02 Å². The van der Waals surface area contributed by atoms with Gasteiger partial charge in [0.05, 0.1) is 12.0 Å². The summed E-state index contributed by atoms with van der Waals surface area (Å²) in [6, 6.07) is 5.10. The lowest BCUT2D eigenvalue weighted by molar-refractivity contribution is -0.194. The first-order chi connectivity index (χ1) is 18.7. The molecule has 2 saturated carbocycles. The highest BCUT2D eigenvalue weighted by molar-refractivity contribution is 6.30. The van der Waals surface area contributed by atoms with Gasteiger partial charge in [-0.05, 0) is 62.6 Å². The van der Waals surface area contributed by atoms with Crippen LogP contribution in [0.15, 0.2) is 24.3 Å². The molecule has 11 heteroatoms. The number of carbonyl (C=O) groups is 3. The molecule has 5 fully saturated rings. The Balaban J connectivity index is 1.38. The standard InChI is InChI=1S/C28H34ClF2N5O3/c29-18-4-1-5-19(13-18)34-23(11-16-6-7-16)27(39)36-21-8-9-22(28(30,31)14-21)24(36)26(38)35-20(15-32)12-17-3-2-10-33-25(17)37/h1,4-5,13,16-17,20-24,34H,2-3,6-12,14H2,(H,33,37)(H,35,38)/t17-,20-,21+,22+,23+,24-/m0/s1. The van der Waals surface area contributed by atoms with E-state index < -0.39 is 54.3 Å². The maximum absolute atomic E-state index is 15.1. The van der Waals surface area contributed by atoms with Crippen LogP contribution in [0, 0.1) is 29.1 Å². The van der Waals surface area contributed by atoms with Crippen molar-refractivity contribution in [1.29, 1.82) is 5.26 Å². The third kappa shape index (κ3) is 6.13. The van der Waals surface area contributed by atoms with E-state index in [4.69, 9.17) is 11.6 Å². The van der Waals surface area contributed by atoms with E-state index in [1.54, 1.807) is 24.3 Å². The lowest BCUT2D eigenvalue weighted by Crippen LogP contribution is -2.70. The molecule has 210 valence electrons. The first-order valence-electron chi connectivity index (χ1n) is 13.9. The molecule has 3 heterocycles. The van der Waals surface area contributed by atoms with E-state index in [-0.39, 0.29) is 24.7 Å². The van der Waals surface area contributed by atoms with Crippen LogP contribution in [-0.2, 0) is 14.4 Å². The van der Waals surface area contributed by atoms with Gasteiger partial charge in [-0.25, -0.2) is 8.78 Å². The van der Waals surface area contributed by atoms with Crippen molar-refractivity contribution in [2.24, 2.45) is 17.8 Å². The molecule has 39 heavy (non-hydrogen) atoms. The van der Waals surface area contributed by atoms with E-state index in [9.17, 15) is 19.6 Å². The lowest BCUT2D eigenvalue weighted by Gasteiger charge is -2.54. The predicted octanol–water partition coefficient (Wildman–Crippen LogP) is 3.86. The molecule has 2 bridgehead atoms. The second-order valence-corrected chi connectivity index (χ2v) is 11.9. The van der Waals surface area contributed by atoms with E-state index >= 15 is 8.78 Å². The summed E-state index contributed by atoms with van der Waals surface area (Å²) in [5.74, 6) is -5.83. The molecule has 0 unspecified atom stereocenters. The Hall–Kier alpha value is -2.93. The van der Waals surface area contributed by atoms with E-state index in [0.29, 0.717) is 42.4 Å². The number of fused-ring (bicyclic) bond motifs is 3. The van der Waals surface area contributed by atoms with Crippen LogP contribution in [0.5, 0.6) is 0 Å². The van der Waals surface area contributed by atoms with Gasteiger partial charge in [0.25, 0.3) is 5.92 Å². The Morgan fingerprint density at radius 2 is 2.00 bits per heavy atom. The van der Waals surface area contributed by atoms with Crippen molar-refractivity contribution in [3.8, 4) is 6.07 Å². The number of alkyl halides is 2. The van der Waals surface area contributed by atoms with Crippen molar-refractivity contribution in [2.75, 3.05) is 11.9 Å². The molecular formula is C28H34ClF2N5O3. The molecular weight excluding hydrogens is 528 g/mol. The molecule has 8 nitrogen and oxygen atoms in total. The molecule has 1 aromatic carbocycles. The Morgan fingerprint density at radius 3 is 2.67 bits per heavy atom. The Kier molecular flexibility index (Phi) is 7.99. The monoisotopic (exact) mass is 561 g/mol. The summed E-state index contributed by atoms with van der Waals surface area (Å²) in [4.78, 5) is 41.3. The van der Waals surface area contributed by atoms with E-state index in [1.807, 2.05) is 6.07 Å². The zero-order chi connectivity index (χ0) is 27.7. The highest BCUT2D eigenvalue weighted by Gasteiger charge is 2.61. The van der Waals surface area contributed by atoms with Gasteiger partial charge in [-0.3, -0.25) is 14.4 Å². The molecule has 3 N–H and O–H groups in total. The number of anilines is 1. The minimum absolute atomic E-state index is 0.0971. The molecule has 2 aliphatic carbocycles. The highest BCUT2D eigenvalue weighted by Crippen LogP contribution is 2.49. The Morgan fingerprint density at radius 1 is 1.21 bits per heavy atom. The summed E-state index contributed by atoms with van der Waals surface area (Å²) in [6.07, 6.45) is 4.01. The van der Waals surface area contributed by atoms with Crippen molar-refractivity contribution in [3.05, 3.63) is 29.3 Å². The quantitative estimate of drug-likeness (QED) is 0.424. The molecule has 0 radical (unpaired) electrons. The van der Waals surface area contributed by atoms with E-state index in [0.717, 1.165) is 19.3 Å². The first kappa shape index (κ1) is 27.6. The van der Waals surface area contributed by atoms with Gasteiger partial charge in [-0.15, -0.1) is 0 Å². The minimum atomic E-state index is -3.10. The molecule has 0 aromatic heterocycles. The third-order valence-electron chi connectivity index (χ3n) is 8.58. The van der Waals surface area contributed by atoms with Gasteiger partial charge in [0.15, 0.2) is 0 Å². The number of carbonyl (C=O) groups excluding carboxylic acids is 3. The molecule has 3 aliphatic heterocycles. The number of amides is 3. The van der Waals surface area contributed by atoms with Crippen molar-refractivity contribution in [3.63, 3.8) is 0 Å². The summed E-state index contributed by atoms with van der Waals surface area (Å²) in [5.41, 5.74) is 0.644. The van der Waals surface area contributed by atoms with Crippen LogP contribution in [0.4, 0.5) is 14.5 Å². The molecule has 3 saturated heterocycles. The average molecular weight is 562 g/mol. The van der Waals surface area contributed by atoms with Crippen molar-refractivity contribution in [1.82, 2.24) is 15.5 Å². The fourth-order valence-electron chi connectivity index (χ4n) is 6.44. The fourth-order valence-corrected chi connectivity index (χ4v) is 6.63. The van der Waals surface area contributed by atoms with Crippen molar-refractivity contribution >= 4 is 35.0 Å². The van der Waals surface area contributed by atoms with Crippen molar-refractivity contribution < 1.29 is 23.2 Å². The Labute approximate surface area is 231 Å². The lowest BCUT2D eigenvalue weighted by atomic mass is 9.71. The molecule has 3 amide bonds.